The average Bonchev–Trinajstić information content (AvgIpc) is 2.18. The van der Waals surface area contributed by atoms with E-state index in [9.17, 15) is 0 Å². The third-order valence-electron chi connectivity index (χ3n) is 1.33. The molecule has 1 rings (SSSR count). The number of ether oxygens (including phenoxy) is 1. The molecule has 0 amide bonds. The molecule has 0 radical (unpaired) electrons. The van der Waals surface area contributed by atoms with Gasteiger partial charge in [-0.2, -0.15) is 0 Å². The lowest BCUT2D eigenvalue weighted by molar-refractivity contribution is -0.126. The van der Waals surface area contributed by atoms with Crippen molar-refractivity contribution in [3.8, 4) is 0 Å². The van der Waals surface area contributed by atoms with Crippen molar-refractivity contribution in [2.75, 3.05) is 7.11 Å². The van der Waals surface area contributed by atoms with Gasteiger partial charge in [-0.15, -0.1) is 0 Å². The number of hydrogen-bond donors (Lipinski definition) is 0. The zero-order valence-electron chi connectivity index (χ0n) is 7.79. The average molecular weight is 245 g/mol. The van der Waals surface area contributed by atoms with Gasteiger partial charge >= 0.3 is 0 Å². The van der Waals surface area contributed by atoms with Crippen molar-refractivity contribution in [3.05, 3.63) is 35.4 Å². The summed E-state index contributed by atoms with van der Waals surface area (Å²) in [5.41, 5.74) is 2.67. The van der Waals surface area contributed by atoms with Crippen LogP contribution in [-0.2, 0) is 14.9 Å². The molecular weight excluding hydrogens is 232 g/mol. The Kier molecular flexibility index (Phi) is 7.30. The Balaban J connectivity index is 0.000000310. The van der Waals surface area contributed by atoms with Crippen molar-refractivity contribution in [2.24, 2.45) is 0 Å². The van der Waals surface area contributed by atoms with Gasteiger partial charge in [0.15, 0.2) is 0 Å². The SMILES string of the molecule is COC=O.Cc1cccc(CBr)c1. The summed E-state index contributed by atoms with van der Waals surface area (Å²) in [7, 11) is 1.31. The maximum absolute atomic E-state index is 8.95. The summed E-state index contributed by atoms with van der Waals surface area (Å²) in [6, 6.07) is 8.47. The van der Waals surface area contributed by atoms with E-state index in [2.05, 4.69) is 51.9 Å². The van der Waals surface area contributed by atoms with Crippen LogP contribution in [0.25, 0.3) is 0 Å². The monoisotopic (exact) mass is 244 g/mol. The molecule has 0 saturated carbocycles. The van der Waals surface area contributed by atoms with Crippen LogP contribution in [0.1, 0.15) is 11.1 Å². The minimum Gasteiger partial charge on any atom is -0.471 e. The second-order valence-corrected chi connectivity index (χ2v) is 3.02. The van der Waals surface area contributed by atoms with Crippen LogP contribution < -0.4 is 0 Å². The molecule has 0 aliphatic carbocycles. The van der Waals surface area contributed by atoms with Gasteiger partial charge in [0, 0.05) is 5.33 Å². The van der Waals surface area contributed by atoms with Gasteiger partial charge in [-0.05, 0) is 12.5 Å². The molecule has 1 aromatic rings. The highest BCUT2D eigenvalue weighted by Crippen LogP contribution is 2.06. The van der Waals surface area contributed by atoms with Crippen molar-refractivity contribution in [1.82, 2.24) is 0 Å². The van der Waals surface area contributed by atoms with Crippen molar-refractivity contribution < 1.29 is 9.53 Å². The topological polar surface area (TPSA) is 26.3 Å². The van der Waals surface area contributed by atoms with Crippen LogP contribution in [0.5, 0.6) is 0 Å². The summed E-state index contributed by atoms with van der Waals surface area (Å²) in [4.78, 5) is 8.95. The van der Waals surface area contributed by atoms with Crippen LogP contribution in [0.15, 0.2) is 24.3 Å². The molecule has 0 fully saturated rings. The van der Waals surface area contributed by atoms with Crippen LogP contribution >= 0.6 is 15.9 Å². The lowest BCUT2D eigenvalue weighted by Gasteiger charge is -1.94. The maximum atomic E-state index is 8.95. The molecule has 0 N–H and O–H groups in total. The molecule has 0 aliphatic rings. The first-order valence-electron chi connectivity index (χ1n) is 3.82. The van der Waals surface area contributed by atoms with E-state index >= 15 is 0 Å². The van der Waals surface area contributed by atoms with E-state index in [1.165, 1.54) is 18.2 Å². The summed E-state index contributed by atoms with van der Waals surface area (Å²) in [6.07, 6.45) is 0. The number of methoxy groups -OCH3 is 1. The standard InChI is InChI=1S/C8H9Br.C2H4O2/c1-7-3-2-4-8(5-7)6-9;1-4-2-3/h2-5H,6H2,1H3;2H,1H3. The number of rotatable bonds is 2. The molecule has 0 aliphatic heterocycles. The second kappa shape index (κ2) is 7.80. The van der Waals surface area contributed by atoms with E-state index in [-0.39, 0.29) is 0 Å². The Morgan fingerprint density at radius 3 is 2.46 bits per heavy atom. The molecule has 0 saturated heterocycles. The number of aryl methyl sites for hydroxylation is 1. The Hall–Kier alpha value is -0.830. The van der Waals surface area contributed by atoms with Gasteiger partial charge in [-0.3, -0.25) is 4.79 Å². The fourth-order valence-corrected chi connectivity index (χ4v) is 1.14. The highest BCUT2D eigenvalue weighted by atomic mass is 79.9. The van der Waals surface area contributed by atoms with Gasteiger partial charge in [0.25, 0.3) is 6.47 Å². The maximum Gasteiger partial charge on any atom is 0.292 e. The Morgan fingerprint density at radius 2 is 2.15 bits per heavy atom. The number of benzene rings is 1. The molecule has 13 heavy (non-hydrogen) atoms. The Labute approximate surface area is 87.0 Å². The molecule has 3 heteroatoms. The predicted molar refractivity (Wildman–Crippen MR) is 56.9 cm³/mol. The van der Waals surface area contributed by atoms with Crippen LogP contribution in [-0.4, -0.2) is 13.6 Å². The fourth-order valence-electron chi connectivity index (χ4n) is 0.795. The van der Waals surface area contributed by atoms with E-state index in [1.54, 1.807) is 0 Å². The Morgan fingerprint density at radius 1 is 1.54 bits per heavy atom. The molecule has 0 unspecified atom stereocenters. The first-order chi connectivity index (χ1) is 6.24. The summed E-state index contributed by atoms with van der Waals surface area (Å²) in [6.45, 7) is 2.48. The summed E-state index contributed by atoms with van der Waals surface area (Å²) < 4.78 is 3.86. The number of hydrogen-bond acceptors (Lipinski definition) is 2. The summed E-state index contributed by atoms with van der Waals surface area (Å²) in [5, 5.41) is 0.953. The van der Waals surface area contributed by atoms with Crippen LogP contribution in [0.4, 0.5) is 0 Å². The lowest BCUT2D eigenvalue weighted by atomic mass is 10.2. The first-order valence-corrected chi connectivity index (χ1v) is 4.94. The fraction of sp³-hybridized carbons (Fsp3) is 0.300. The zero-order valence-corrected chi connectivity index (χ0v) is 9.37. The molecule has 2 nitrogen and oxygen atoms in total. The minimum atomic E-state index is 0.375. The van der Waals surface area contributed by atoms with Crippen LogP contribution in [0.2, 0.25) is 0 Å². The van der Waals surface area contributed by atoms with Gasteiger partial charge in [0.1, 0.15) is 0 Å². The number of halogens is 1. The lowest BCUT2D eigenvalue weighted by Crippen LogP contribution is -1.76. The molecule has 72 valence electrons. The van der Waals surface area contributed by atoms with Crippen LogP contribution in [0, 0.1) is 6.92 Å². The number of carbonyl (C=O) groups is 1. The molecule has 0 spiro atoms. The van der Waals surface area contributed by atoms with Gasteiger partial charge in [-0.1, -0.05) is 45.8 Å². The van der Waals surface area contributed by atoms with E-state index in [0.717, 1.165) is 5.33 Å². The van der Waals surface area contributed by atoms with Crippen molar-refractivity contribution in [2.45, 2.75) is 12.3 Å². The largest absolute Gasteiger partial charge is 0.471 e. The summed E-state index contributed by atoms with van der Waals surface area (Å²) >= 11 is 3.39. The summed E-state index contributed by atoms with van der Waals surface area (Å²) in [5.74, 6) is 0. The molecular formula is C10H13BrO2. The minimum absolute atomic E-state index is 0.375. The number of carbonyl (C=O) groups excluding carboxylic acids is 1. The van der Waals surface area contributed by atoms with Crippen molar-refractivity contribution >= 4 is 22.4 Å². The van der Waals surface area contributed by atoms with E-state index in [0.29, 0.717) is 6.47 Å². The van der Waals surface area contributed by atoms with E-state index in [1.807, 2.05) is 0 Å². The molecule has 0 aromatic heterocycles. The third-order valence-corrected chi connectivity index (χ3v) is 1.98. The van der Waals surface area contributed by atoms with Gasteiger partial charge in [0.2, 0.25) is 0 Å². The second-order valence-electron chi connectivity index (χ2n) is 2.45. The molecule has 0 atom stereocenters. The van der Waals surface area contributed by atoms with Gasteiger partial charge < -0.3 is 4.74 Å². The highest BCUT2D eigenvalue weighted by Gasteiger charge is 1.86. The quantitative estimate of drug-likeness (QED) is 0.591. The predicted octanol–water partition coefficient (Wildman–Crippen LogP) is 2.68. The first kappa shape index (κ1) is 12.2. The molecule has 1 aromatic carbocycles. The van der Waals surface area contributed by atoms with Gasteiger partial charge in [0.05, 0.1) is 7.11 Å². The third kappa shape index (κ3) is 6.34. The van der Waals surface area contributed by atoms with E-state index in [4.69, 9.17) is 4.79 Å². The van der Waals surface area contributed by atoms with E-state index < -0.39 is 0 Å². The molecule has 0 heterocycles. The smallest absolute Gasteiger partial charge is 0.292 e. The normalized spacial score (nSPS) is 8.23. The Bertz CT molecular complexity index is 248. The van der Waals surface area contributed by atoms with Gasteiger partial charge in [-0.25, -0.2) is 0 Å². The van der Waals surface area contributed by atoms with Crippen LogP contribution in [0.3, 0.4) is 0 Å². The number of alkyl halides is 1. The molecule has 0 bridgehead atoms. The highest BCUT2D eigenvalue weighted by molar-refractivity contribution is 9.08. The zero-order chi connectivity index (χ0) is 10.1. The van der Waals surface area contributed by atoms with Crippen molar-refractivity contribution in [1.29, 1.82) is 0 Å². The van der Waals surface area contributed by atoms with Crippen molar-refractivity contribution in [3.63, 3.8) is 0 Å².